The summed E-state index contributed by atoms with van der Waals surface area (Å²) in [7, 11) is 1.54. The van der Waals surface area contributed by atoms with Crippen LogP contribution in [0.1, 0.15) is 47.1 Å². The minimum absolute atomic E-state index is 0.479. The fourth-order valence-electron chi connectivity index (χ4n) is 4.03. The number of benzene rings is 1. The molecular formula is C23H31N5O2. The highest BCUT2D eigenvalue weighted by atomic mass is 16.6. The van der Waals surface area contributed by atoms with Gasteiger partial charge in [0.15, 0.2) is 11.9 Å². The molecule has 1 amide bonds. The second-order valence-electron chi connectivity index (χ2n) is 7.81. The molecule has 0 radical (unpaired) electrons. The van der Waals surface area contributed by atoms with Crippen molar-refractivity contribution in [3.8, 4) is 5.69 Å². The van der Waals surface area contributed by atoms with Gasteiger partial charge in [0, 0.05) is 19.2 Å². The molecule has 160 valence electrons. The lowest BCUT2D eigenvalue weighted by Crippen LogP contribution is -2.31. The standard InChI is InChI=1S/C23H31N5O2/c1-9-18(30-23(29)24-8)27-21-19-15(5)16(6)28(22(19)26-17(7)25-21)20-13(3)10-12(2)11-14(20)4/h10-11,18H,9H2,1-8H3,(H,24,29)(H,25,26,27). The van der Waals surface area contributed by atoms with Gasteiger partial charge in [-0.2, -0.15) is 0 Å². The zero-order chi connectivity index (χ0) is 22.2. The number of aromatic nitrogens is 3. The minimum atomic E-state index is -0.492. The number of ether oxygens (including phenoxy) is 1. The first kappa shape index (κ1) is 21.6. The Balaban J connectivity index is 2.23. The largest absolute Gasteiger partial charge is 0.426 e. The van der Waals surface area contributed by atoms with Gasteiger partial charge in [-0.05, 0) is 58.2 Å². The minimum Gasteiger partial charge on any atom is -0.426 e. The van der Waals surface area contributed by atoms with Gasteiger partial charge in [0.05, 0.1) is 11.1 Å². The van der Waals surface area contributed by atoms with Crippen molar-refractivity contribution in [1.82, 2.24) is 19.9 Å². The van der Waals surface area contributed by atoms with Crippen LogP contribution in [0.3, 0.4) is 0 Å². The summed E-state index contributed by atoms with van der Waals surface area (Å²) in [4.78, 5) is 21.1. The van der Waals surface area contributed by atoms with Crippen LogP contribution < -0.4 is 10.6 Å². The van der Waals surface area contributed by atoms with E-state index >= 15 is 0 Å². The van der Waals surface area contributed by atoms with E-state index in [1.54, 1.807) is 7.05 Å². The summed E-state index contributed by atoms with van der Waals surface area (Å²) in [6.07, 6.45) is -0.367. The van der Waals surface area contributed by atoms with Crippen molar-refractivity contribution in [2.45, 2.75) is 61.1 Å². The first-order valence-electron chi connectivity index (χ1n) is 10.3. The molecule has 2 aromatic heterocycles. The van der Waals surface area contributed by atoms with Gasteiger partial charge in [0.2, 0.25) is 0 Å². The van der Waals surface area contributed by atoms with Gasteiger partial charge in [0.25, 0.3) is 0 Å². The van der Waals surface area contributed by atoms with Crippen molar-refractivity contribution >= 4 is 22.9 Å². The molecule has 2 N–H and O–H groups in total. The van der Waals surface area contributed by atoms with E-state index in [-0.39, 0.29) is 0 Å². The van der Waals surface area contributed by atoms with Gasteiger partial charge in [-0.1, -0.05) is 24.6 Å². The summed E-state index contributed by atoms with van der Waals surface area (Å²) in [5, 5.41) is 6.73. The number of fused-ring (bicyclic) bond motifs is 1. The molecular weight excluding hydrogens is 378 g/mol. The van der Waals surface area contributed by atoms with Gasteiger partial charge in [-0.3, -0.25) is 4.57 Å². The van der Waals surface area contributed by atoms with Crippen LogP contribution >= 0.6 is 0 Å². The van der Waals surface area contributed by atoms with Crippen LogP contribution in [0.25, 0.3) is 16.7 Å². The second-order valence-corrected chi connectivity index (χ2v) is 7.81. The molecule has 0 spiro atoms. The molecule has 1 atom stereocenters. The summed E-state index contributed by atoms with van der Waals surface area (Å²) in [5.41, 5.74) is 7.86. The molecule has 7 nitrogen and oxygen atoms in total. The summed E-state index contributed by atoms with van der Waals surface area (Å²) in [6.45, 7) is 14.4. The molecule has 0 aliphatic heterocycles. The van der Waals surface area contributed by atoms with E-state index in [9.17, 15) is 4.79 Å². The highest BCUT2D eigenvalue weighted by Gasteiger charge is 2.22. The van der Waals surface area contributed by atoms with Crippen molar-refractivity contribution in [2.75, 3.05) is 12.4 Å². The van der Waals surface area contributed by atoms with Crippen LogP contribution in [-0.2, 0) is 4.74 Å². The lowest BCUT2D eigenvalue weighted by molar-refractivity contribution is 0.111. The maximum Gasteiger partial charge on any atom is 0.408 e. The van der Waals surface area contributed by atoms with Crippen LogP contribution in [0.4, 0.5) is 10.6 Å². The van der Waals surface area contributed by atoms with Crippen molar-refractivity contribution in [1.29, 1.82) is 0 Å². The van der Waals surface area contributed by atoms with Crippen LogP contribution in [0.2, 0.25) is 0 Å². The Kier molecular flexibility index (Phi) is 6.01. The molecule has 0 aliphatic carbocycles. The Bertz CT molecular complexity index is 1090. The number of hydrogen-bond acceptors (Lipinski definition) is 5. The van der Waals surface area contributed by atoms with E-state index in [0.29, 0.717) is 18.1 Å². The van der Waals surface area contributed by atoms with Gasteiger partial charge >= 0.3 is 6.09 Å². The summed E-state index contributed by atoms with van der Waals surface area (Å²) < 4.78 is 7.64. The van der Waals surface area contributed by atoms with Crippen molar-refractivity contribution < 1.29 is 9.53 Å². The van der Waals surface area contributed by atoms with Gasteiger partial charge in [0.1, 0.15) is 11.6 Å². The van der Waals surface area contributed by atoms with Crippen LogP contribution in [0.15, 0.2) is 12.1 Å². The quantitative estimate of drug-likeness (QED) is 0.593. The topological polar surface area (TPSA) is 81.1 Å². The van der Waals surface area contributed by atoms with Crippen molar-refractivity contribution in [3.63, 3.8) is 0 Å². The Morgan fingerprint density at radius 2 is 1.73 bits per heavy atom. The predicted molar refractivity (Wildman–Crippen MR) is 121 cm³/mol. The molecule has 30 heavy (non-hydrogen) atoms. The molecule has 0 saturated carbocycles. The van der Waals surface area contributed by atoms with Crippen LogP contribution in [-0.4, -0.2) is 33.9 Å². The van der Waals surface area contributed by atoms with E-state index in [1.807, 2.05) is 13.8 Å². The zero-order valence-corrected chi connectivity index (χ0v) is 19.1. The van der Waals surface area contributed by atoms with Crippen LogP contribution in [0, 0.1) is 41.5 Å². The van der Waals surface area contributed by atoms with E-state index in [0.717, 1.165) is 28.0 Å². The molecule has 0 fully saturated rings. The number of nitrogens with zero attached hydrogens (tertiary/aromatic N) is 3. The summed E-state index contributed by atoms with van der Waals surface area (Å²) in [6, 6.07) is 4.39. The van der Waals surface area contributed by atoms with Gasteiger partial charge < -0.3 is 15.4 Å². The third-order valence-electron chi connectivity index (χ3n) is 5.45. The Morgan fingerprint density at radius 3 is 2.30 bits per heavy atom. The van der Waals surface area contributed by atoms with E-state index < -0.39 is 12.3 Å². The van der Waals surface area contributed by atoms with Crippen molar-refractivity contribution in [2.24, 2.45) is 0 Å². The first-order valence-corrected chi connectivity index (χ1v) is 10.3. The number of rotatable bonds is 5. The monoisotopic (exact) mass is 409 g/mol. The van der Waals surface area contributed by atoms with Crippen molar-refractivity contribution in [3.05, 3.63) is 45.9 Å². The molecule has 0 aliphatic rings. The number of nitrogens with one attached hydrogen (secondary N) is 2. The number of carbonyl (C=O) groups excluding carboxylic acids is 1. The molecule has 0 bridgehead atoms. The number of anilines is 1. The number of hydrogen-bond donors (Lipinski definition) is 2. The SMILES string of the molecule is CCC(Nc1nc(C)nc2c1c(C)c(C)n2-c1c(C)cc(C)cc1C)OC(=O)NC. The lowest BCUT2D eigenvalue weighted by Gasteiger charge is -2.19. The molecule has 1 aromatic carbocycles. The second kappa shape index (κ2) is 8.34. The molecule has 3 rings (SSSR count). The number of amides is 1. The average molecular weight is 410 g/mol. The normalized spacial score (nSPS) is 12.1. The lowest BCUT2D eigenvalue weighted by atomic mass is 10.0. The fraction of sp³-hybridized carbons (Fsp3) is 0.435. The zero-order valence-electron chi connectivity index (χ0n) is 19.1. The molecule has 2 heterocycles. The smallest absolute Gasteiger partial charge is 0.408 e. The maximum atomic E-state index is 11.7. The molecule has 3 aromatic rings. The number of alkyl carbamates (subject to hydrolysis) is 1. The third-order valence-corrected chi connectivity index (χ3v) is 5.45. The summed E-state index contributed by atoms with van der Waals surface area (Å²) in [5.74, 6) is 1.33. The Labute approximate surface area is 177 Å². The summed E-state index contributed by atoms with van der Waals surface area (Å²) >= 11 is 0. The molecule has 7 heteroatoms. The highest BCUT2D eigenvalue weighted by Crippen LogP contribution is 2.34. The third kappa shape index (κ3) is 3.84. The van der Waals surface area contributed by atoms with Gasteiger partial charge in [-0.15, -0.1) is 0 Å². The Hall–Kier alpha value is -3.09. The fourth-order valence-corrected chi connectivity index (χ4v) is 4.03. The Morgan fingerprint density at radius 1 is 1.10 bits per heavy atom. The average Bonchev–Trinajstić information content (AvgIpc) is 2.91. The van der Waals surface area contributed by atoms with E-state index in [4.69, 9.17) is 9.72 Å². The first-order chi connectivity index (χ1) is 14.2. The van der Waals surface area contributed by atoms with E-state index in [2.05, 4.69) is 66.9 Å². The number of carbonyl (C=O) groups is 1. The van der Waals surface area contributed by atoms with Crippen LogP contribution in [0.5, 0.6) is 0 Å². The molecule has 0 saturated heterocycles. The maximum absolute atomic E-state index is 11.7. The predicted octanol–water partition coefficient (Wildman–Crippen LogP) is 4.78. The highest BCUT2D eigenvalue weighted by molar-refractivity contribution is 5.93. The van der Waals surface area contributed by atoms with Gasteiger partial charge in [-0.25, -0.2) is 14.8 Å². The number of aryl methyl sites for hydroxylation is 5. The molecule has 1 unspecified atom stereocenters. The van der Waals surface area contributed by atoms with E-state index in [1.165, 1.54) is 16.7 Å².